The Kier molecular flexibility index (Phi) is 6.88. The smallest absolute Gasteiger partial charge is 0.343 e. The number of alkyl halides is 3. The Hall–Kier alpha value is -2.72. The predicted octanol–water partition coefficient (Wildman–Crippen LogP) is 5.05. The molecule has 3 rings (SSSR count). The van der Waals surface area contributed by atoms with Crippen LogP contribution in [-0.4, -0.2) is 29.5 Å². The number of para-hydroxylation sites is 1. The Bertz CT molecular complexity index is 1070. The number of hydrogen-bond donors (Lipinski definition) is 2. The molecule has 2 aromatic carbocycles. The Morgan fingerprint density at radius 1 is 1.10 bits per heavy atom. The molecule has 1 heterocycles. The largest absolute Gasteiger partial charge is 0.405 e. The van der Waals surface area contributed by atoms with Crippen LogP contribution in [0.1, 0.15) is 16.1 Å². The molecular weight excluding hydrogens is 483 g/mol. The first-order valence-corrected chi connectivity index (χ1v) is 10.3. The van der Waals surface area contributed by atoms with Crippen molar-refractivity contribution >= 4 is 44.8 Å². The van der Waals surface area contributed by atoms with Crippen LogP contribution in [0.3, 0.4) is 0 Å². The molecule has 0 fully saturated rings. The highest BCUT2D eigenvalue weighted by molar-refractivity contribution is 9.10. The summed E-state index contributed by atoms with van der Waals surface area (Å²) >= 11 is 4.80. The van der Waals surface area contributed by atoms with E-state index in [2.05, 4.69) is 26.2 Å². The Balaban J connectivity index is 1.67. The molecule has 10 heteroatoms. The lowest BCUT2D eigenvalue weighted by Crippen LogP contribution is -2.34. The van der Waals surface area contributed by atoms with E-state index < -0.39 is 24.5 Å². The number of thiazole rings is 1. The third-order valence-corrected chi connectivity index (χ3v) is 5.29. The fourth-order valence-corrected chi connectivity index (χ4v) is 3.78. The third-order valence-electron chi connectivity index (χ3n) is 3.86. The standard InChI is InChI=1S/C20H15BrF3N3O2S/c21-13-5-3-4-12(8-13)19-26-14(10-30-19)9-17(28)27-16-7-2-1-6-15(16)18(29)25-11-20(22,23)24/h1-8,10H,9,11H2,(H,25,29)(H,27,28). The Morgan fingerprint density at radius 2 is 1.87 bits per heavy atom. The van der Waals surface area contributed by atoms with Gasteiger partial charge in [-0.05, 0) is 24.3 Å². The maximum Gasteiger partial charge on any atom is 0.405 e. The summed E-state index contributed by atoms with van der Waals surface area (Å²) in [5.74, 6) is -1.36. The number of aromatic nitrogens is 1. The normalized spacial score (nSPS) is 11.2. The maximum absolute atomic E-state index is 12.4. The molecule has 0 atom stereocenters. The molecule has 5 nitrogen and oxygen atoms in total. The molecule has 0 aliphatic rings. The van der Waals surface area contributed by atoms with Crippen molar-refractivity contribution in [3.63, 3.8) is 0 Å². The van der Waals surface area contributed by atoms with Gasteiger partial charge in [0.1, 0.15) is 11.6 Å². The van der Waals surface area contributed by atoms with Gasteiger partial charge in [0.25, 0.3) is 5.91 Å². The number of nitrogens with one attached hydrogen (secondary N) is 2. The van der Waals surface area contributed by atoms with Crippen LogP contribution in [-0.2, 0) is 11.2 Å². The molecule has 2 N–H and O–H groups in total. The van der Waals surface area contributed by atoms with E-state index in [1.54, 1.807) is 16.8 Å². The lowest BCUT2D eigenvalue weighted by molar-refractivity contribution is -0.123. The van der Waals surface area contributed by atoms with Crippen molar-refractivity contribution in [3.8, 4) is 10.6 Å². The van der Waals surface area contributed by atoms with Crippen LogP contribution < -0.4 is 10.6 Å². The number of hydrogen-bond acceptors (Lipinski definition) is 4. The second-order valence-corrected chi connectivity index (χ2v) is 8.00. The van der Waals surface area contributed by atoms with Gasteiger partial charge in [-0.3, -0.25) is 9.59 Å². The summed E-state index contributed by atoms with van der Waals surface area (Å²) in [7, 11) is 0. The van der Waals surface area contributed by atoms with Gasteiger partial charge >= 0.3 is 6.18 Å². The quantitative estimate of drug-likeness (QED) is 0.500. The number of nitrogens with zero attached hydrogens (tertiary/aromatic N) is 1. The maximum atomic E-state index is 12.4. The minimum absolute atomic E-state index is 0.0387. The lowest BCUT2D eigenvalue weighted by Gasteiger charge is -2.12. The number of halogens is 4. The van der Waals surface area contributed by atoms with Crippen molar-refractivity contribution in [3.05, 3.63) is 69.6 Å². The molecular formula is C20H15BrF3N3O2S. The van der Waals surface area contributed by atoms with Crippen LogP contribution in [0, 0.1) is 0 Å². The van der Waals surface area contributed by atoms with Gasteiger partial charge in [-0.25, -0.2) is 4.98 Å². The van der Waals surface area contributed by atoms with Gasteiger partial charge in [-0.1, -0.05) is 40.2 Å². The first kappa shape index (κ1) is 22.0. The van der Waals surface area contributed by atoms with Crippen LogP contribution in [0.15, 0.2) is 58.4 Å². The minimum Gasteiger partial charge on any atom is -0.343 e. The van der Waals surface area contributed by atoms with Crippen molar-refractivity contribution < 1.29 is 22.8 Å². The molecule has 156 valence electrons. The first-order chi connectivity index (χ1) is 14.2. The monoisotopic (exact) mass is 497 g/mol. The molecule has 0 saturated carbocycles. The average molecular weight is 498 g/mol. The van der Waals surface area contributed by atoms with E-state index in [0.717, 1.165) is 15.0 Å². The SMILES string of the molecule is O=C(Cc1csc(-c2cccc(Br)c2)n1)Nc1ccccc1C(=O)NCC(F)(F)F. The van der Waals surface area contributed by atoms with Crippen molar-refractivity contribution in [2.24, 2.45) is 0 Å². The summed E-state index contributed by atoms with van der Waals surface area (Å²) in [6.45, 7) is -1.45. The van der Waals surface area contributed by atoms with E-state index >= 15 is 0 Å². The van der Waals surface area contributed by atoms with Crippen molar-refractivity contribution in [2.45, 2.75) is 12.6 Å². The first-order valence-electron chi connectivity index (χ1n) is 8.65. The zero-order valence-electron chi connectivity index (χ0n) is 15.3. The number of rotatable bonds is 6. The number of amides is 2. The van der Waals surface area contributed by atoms with Gasteiger partial charge in [0.05, 0.1) is 23.4 Å². The van der Waals surface area contributed by atoms with E-state index in [1.165, 1.54) is 29.5 Å². The zero-order valence-corrected chi connectivity index (χ0v) is 17.7. The van der Waals surface area contributed by atoms with Crippen LogP contribution in [0.5, 0.6) is 0 Å². The summed E-state index contributed by atoms with van der Waals surface area (Å²) in [6.07, 6.45) is -4.56. The Labute approximate surface area is 182 Å². The molecule has 1 aromatic heterocycles. The number of carbonyl (C=O) groups excluding carboxylic acids is 2. The highest BCUT2D eigenvalue weighted by Gasteiger charge is 2.28. The third kappa shape index (κ3) is 6.14. The van der Waals surface area contributed by atoms with E-state index in [0.29, 0.717) is 5.69 Å². The van der Waals surface area contributed by atoms with Gasteiger partial charge in [0.2, 0.25) is 5.91 Å². The van der Waals surface area contributed by atoms with Gasteiger partial charge in [-0.15, -0.1) is 11.3 Å². The topological polar surface area (TPSA) is 71.1 Å². The molecule has 0 radical (unpaired) electrons. The molecule has 2 amide bonds. The lowest BCUT2D eigenvalue weighted by atomic mass is 10.1. The minimum atomic E-state index is -4.52. The summed E-state index contributed by atoms with van der Waals surface area (Å²) < 4.78 is 37.9. The van der Waals surface area contributed by atoms with E-state index in [4.69, 9.17) is 0 Å². The fourth-order valence-electron chi connectivity index (χ4n) is 2.57. The van der Waals surface area contributed by atoms with Crippen molar-refractivity contribution in [1.29, 1.82) is 0 Å². The zero-order chi connectivity index (χ0) is 21.7. The molecule has 30 heavy (non-hydrogen) atoms. The molecule has 0 bridgehead atoms. The second-order valence-electron chi connectivity index (χ2n) is 6.22. The van der Waals surface area contributed by atoms with E-state index in [1.807, 2.05) is 24.3 Å². The van der Waals surface area contributed by atoms with Crippen LogP contribution in [0.2, 0.25) is 0 Å². The summed E-state index contributed by atoms with van der Waals surface area (Å²) in [5.41, 5.74) is 1.53. The molecule has 0 aliphatic carbocycles. The van der Waals surface area contributed by atoms with E-state index in [9.17, 15) is 22.8 Å². The van der Waals surface area contributed by atoms with Gasteiger partial charge in [0, 0.05) is 15.4 Å². The predicted molar refractivity (Wildman–Crippen MR) is 112 cm³/mol. The number of carbonyl (C=O) groups is 2. The molecule has 0 spiro atoms. The van der Waals surface area contributed by atoms with Gasteiger partial charge < -0.3 is 10.6 Å². The van der Waals surface area contributed by atoms with Crippen molar-refractivity contribution in [1.82, 2.24) is 10.3 Å². The summed E-state index contributed by atoms with van der Waals surface area (Å²) in [5, 5.41) is 6.89. The molecule has 0 aliphatic heterocycles. The highest BCUT2D eigenvalue weighted by atomic mass is 79.9. The number of anilines is 1. The average Bonchev–Trinajstić information content (AvgIpc) is 3.14. The van der Waals surface area contributed by atoms with Gasteiger partial charge in [0.15, 0.2) is 0 Å². The Morgan fingerprint density at radius 3 is 2.60 bits per heavy atom. The molecule has 3 aromatic rings. The summed E-state index contributed by atoms with van der Waals surface area (Å²) in [6, 6.07) is 13.5. The van der Waals surface area contributed by atoms with Gasteiger partial charge in [-0.2, -0.15) is 13.2 Å². The highest BCUT2D eigenvalue weighted by Crippen LogP contribution is 2.26. The van der Waals surface area contributed by atoms with E-state index in [-0.39, 0.29) is 17.7 Å². The van der Waals surface area contributed by atoms with Crippen LogP contribution in [0.25, 0.3) is 10.6 Å². The second kappa shape index (κ2) is 9.40. The van der Waals surface area contributed by atoms with Crippen molar-refractivity contribution in [2.75, 3.05) is 11.9 Å². The molecule has 0 unspecified atom stereocenters. The summed E-state index contributed by atoms with van der Waals surface area (Å²) in [4.78, 5) is 28.9. The van der Waals surface area contributed by atoms with Crippen LogP contribution >= 0.6 is 27.3 Å². The number of benzene rings is 2. The molecule has 0 saturated heterocycles. The fraction of sp³-hybridized carbons (Fsp3) is 0.150. The van der Waals surface area contributed by atoms with Crippen LogP contribution in [0.4, 0.5) is 18.9 Å².